The maximum Gasteiger partial charge on any atom is 0.0927 e. The molecular weight excluding hydrogens is 160 g/mol. The van der Waals surface area contributed by atoms with E-state index in [2.05, 4.69) is 18.0 Å². The van der Waals surface area contributed by atoms with Gasteiger partial charge in [0.25, 0.3) is 0 Å². The Balaban J connectivity index is 3.95. The highest BCUT2D eigenvalue weighted by atomic mass is 14.9. The lowest BCUT2D eigenvalue weighted by Gasteiger charge is -2.05. The predicted molar refractivity (Wildman–Crippen MR) is 56.2 cm³/mol. The largest absolute Gasteiger partial charge is 0.298 e. The van der Waals surface area contributed by atoms with Crippen LogP contribution in [0.3, 0.4) is 0 Å². The maximum absolute atomic E-state index is 8.53. The van der Waals surface area contributed by atoms with Gasteiger partial charge < -0.3 is 0 Å². The number of hydrogen-bond donors (Lipinski definition) is 1. The number of nitrogens with zero attached hydrogens (tertiary/aromatic N) is 1. The number of nitriles is 1. The van der Waals surface area contributed by atoms with Crippen molar-refractivity contribution in [3.05, 3.63) is 36.5 Å². The van der Waals surface area contributed by atoms with Gasteiger partial charge in [0.1, 0.15) is 0 Å². The first-order valence-electron chi connectivity index (χ1n) is 4.32. The fourth-order valence-electron chi connectivity index (χ4n) is 0.765. The van der Waals surface area contributed by atoms with Crippen LogP contribution in [0.5, 0.6) is 0 Å². The maximum atomic E-state index is 8.53. The van der Waals surface area contributed by atoms with E-state index in [4.69, 9.17) is 5.26 Å². The SMILES string of the molecule is C=C/C=C\C(=C/C)CNC(C)C#N. The summed E-state index contributed by atoms with van der Waals surface area (Å²) in [7, 11) is 0. The molecule has 0 spiro atoms. The third-order valence-corrected chi connectivity index (χ3v) is 1.62. The Kier molecular flexibility index (Phi) is 6.58. The Morgan fingerprint density at radius 3 is 2.85 bits per heavy atom. The van der Waals surface area contributed by atoms with Crippen molar-refractivity contribution < 1.29 is 0 Å². The van der Waals surface area contributed by atoms with Crippen molar-refractivity contribution in [2.75, 3.05) is 6.54 Å². The van der Waals surface area contributed by atoms with Crippen molar-refractivity contribution in [3.8, 4) is 6.07 Å². The molecule has 0 saturated carbocycles. The minimum atomic E-state index is -0.105. The van der Waals surface area contributed by atoms with E-state index in [-0.39, 0.29) is 6.04 Å². The summed E-state index contributed by atoms with van der Waals surface area (Å²) >= 11 is 0. The average Bonchev–Trinajstić information content (AvgIpc) is 2.17. The fraction of sp³-hybridized carbons (Fsp3) is 0.364. The molecule has 0 aromatic carbocycles. The molecule has 1 unspecified atom stereocenters. The van der Waals surface area contributed by atoms with Gasteiger partial charge in [-0.15, -0.1) is 0 Å². The van der Waals surface area contributed by atoms with E-state index in [1.807, 2.05) is 32.1 Å². The molecule has 2 heteroatoms. The standard InChI is InChI=1S/C11H16N2/c1-4-6-7-11(5-2)9-13-10(3)8-12/h4-7,10,13H,1,9H2,2-3H3/b7-6-,11-5+. The van der Waals surface area contributed by atoms with Crippen LogP contribution in [0, 0.1) is 11.3 Å². The summed E-state index contributed by atoms with van der Waals surface area (Å²) in [5.74, 6) is 0. The van der Waals surface area contributed by atoms with Gasteiger partial charge in [-0.2, -0.15) is 5.26 Å². The van der Waals surface area contributed by atoms with Crippen LogP contribution in [0.15, 0.2) is 36.5 Å². The van der Waals surface area contributed by atoms with Crippen molar-refractivity contribution in [1.82, 2.24) is 5.32 Å². The second kappa shape index (κ2) is 7.33. The molecule has 0 saturated heterocycles. The van der Waals surface area contributed by atoms with Gasteiger partial charge in [0.2, 0.25) is 0 Å². The summed E-state index contributed by atoms with van der Waals surface area (Å²) in [5.41, 5.74) is 1.15. The molecule has 0 aliphatic rings. The minimum absolute atomic E-state index is 0.105. The van der Waals surface area contributed by atoms with Gasteiger partial charge in [0.05, 0.1) is 12.1 Å². The average molecular weight is 176 g/mol. The molecule has 0 heterocycles. The van der Waals surface area contributed by atoms with E-state index >= 15 is 0 Å². The molecule has 0 rings (SSSR count). The molecule has 0 bridgehead atoms. The molecule has 0 aliphatic heterocycles. The van der Waals surface area contributed by atoms with E-state index in [0.717, 1.165) is 12.1 Å². The van der Waals surface area contributed by atoms with Crippen LogP contribution in [-0.4, -0.2) is 12.6 Å². The molecule has 0 fully saturated rings. The van der Waals surface area contributed by atoms with Crippen LogP contribution >= 0.6 is 0 Å². The topological polar surface area (TPSA) is 35.8 Å². The van der Waals surface area contributed by atoms with Crippen molar-refractivity contribution >= 4 is 0 Å². The summed E-state index contributed by atoms with van der Waals surface area (Å²) in [6.07, 6.45) is 7.60. The fourth-order valence-corrected chi connectivity index (χ4v) is 0.765. The first kappa shape index (κ1) is 11.7. The Morgan fingerprint density at radius 2 is 2.38 bits per heavy atom. The number of nitrogens with one attached hydrogen (secondary N) is 1. The molecule has 13 heavy (non-hydrogen) atoms. The van der Waals surface area contributed by atoms with Crippen molar-refractivity contribution in [2.24, 2.45) is 0 Å². The minimum Gasteiger partial charge on any atom is -0.298 e. The molecule has 0 aliphatic carbocycles. The van der Waals surface area contributed by atoms with Crippen LogP contribution in [-0.2, 0) is 0 Å². The van der Waals surface area contributed by atoms with Gasteiger partial charge in [-0.25, -0.2) is 0 Å². The van der Waals surface area contributed by atoms with Crippen molar-refractivity contribution in [2.45, 2.75) is 19.9 Å². The molecule has 0 radical (unpaired) electrons. The van der Waals surface area contributed by atoms with E-state index in [1.165, 1.54) is 0 Å². The normalized spacial score (nSPS) is 14.1. The summed E-state index contributed by atoms with van der Waals surface area (Å²) < 4.78 is 0. The predicted octanol–water partition coefficient (Wildman–Crippen LogP) is 2.18. The van der Waals surface area contributed by atoms with Crippen molar-refractivity contribution in [1.29, 1.82) is 5.26 Å². The van der Waals surface area contributed by atoms with Gasteiger partial charge in [-0.3, -0.25) is 5.32 Å². The van der Waals surface area contributed by atoms with E-state index in [9.17, 15) is 0 Å². The molecule has 1 atom stereocenters. The third kappa shape index (κ3) is 5.89. The van der Waals surface area contributed by atoms with Gasteiger partial charge in [0, 0.05) is 6.54 Å². The molecular formula is C11H16N2. The Morgan fingerprint density at radius 1 is 1.69 bits per heavy atom. The number of hydrogen-bond acceptors (Lipinski definition) is 2. The highest BCUT2D eigenvalue weighted by Gasteiger charge is 1.97. The van der Waals surface area contributed by atoms with Crippen LogP contribution in [0.2, 0.25) is 0 Å². The van der Waals surface area contributed by atoms with Gasteiger partial charge in [-0.1, -0.05) is 30.9 Å². The smallest absolute Gasteiger partial charge is 0.0927 e. The van der Waals surface area contributed by atoms with Gasteiger partial charge in [-0.05, 0) is 19.4 Å². The Hall–Kier alpha value is -1.33. The zero-order valence-electron chi connectivity index (χ0n) is 8.25. The summed E-state index contributed by atoms with van der Waals surface area (Å²) in [6.45, 7) is 8.12. The van der Waals surface area contributed by atoms with E-state index < -0.39 is 0 Å². The highest BCUT2D eigenvalue weighted by Crippen LogP contribution is 1.95. The quantitative estimate of drug-likeness (QED) is 0.652. The molecule has 0 amide bonds. The Bertz CT molecular complexity index is 243. The van der Waals surface area contributed by atoms with Gasteiger partial charge >= 0.3 is 0 Å². The zero-order valence-corrected chi connectivity index (χ0v) is 8.25. The molecule has 0 aromatic rings. The zero-order chi connectivity index (χ0) is 10.1. The highest BCUT2D eigenvalue weighted by molar-refractivity contribution is 5.22. The summed E-state index contributed by atoms with van der Waals surface area (Å²) in [5, 5.41) is 11.6. The lowest BCUT2D eigenvalue weighted by molar-refractivity contribution is 0.686. The van der Waals surface area contributed by atoms with Crippen LogP contribution in [0.1, 0.15) is 13.8 Å². The second-order valence-corrected chi connectivity index (χ2v) is 2.69. The Labute approximate surface area is 80.3 Å². The molecule has 1 N–H and O–H groups in total. The van der Waals surface area contributed by atoms with Crippen LogP contribution < -0.4 is 5.32 Å². The van der Waals surface area contributed by atoms with Crippen molar-refractivity contribution in [3.63, 3.8) is 0 Å². The van der Waals surface area contributed by atoms with Crippen LogP contribution in [0.4, 0.5) is 0 Å². The summed E-state index contributed by atoms with van der Waals surface area (Å²) in [6, 6.07) is 2.01. The molecule has 70 valence electrons. The molecule has 2 nitrogen and oxygen atoms in total. The molecule has 0 aromatic heterocycles. The summed E-state index contributed by atoms with van der Waals surface area (Å²) in [4.78, 5) is 0. The number of allylic oxidation sites excluding steroid dienone is 3. The third-order valence-electron chi connectivity index (χ3n) is 1.62. The first-order chi connectivity index (χ1) is 6.24. The van der Waals surface area contributed by atoms with Gasteiger partial charge in [0.15, 0.2) is 0 Å². The van der Waals surface area contributed by atoms with E-state index in [1.54, 1.807) is 6.08 Å². The lowest BCUT2D eigenvalue weighted by Crippen LogP contribution is -2.25. The monoisotopic (exact) mass is 176 g/mol. The first-order valence-corrected chi connectivity index (χ1v) is 4.32. The second-order valence-electron chi connectivity index (χ2n) is 2.69. The number of rotatable bonds is 5. The lowest BCUT2D eigenvalue weighted by atomic mass is 10.2. The van der Waals surface area contributed by atoms with E-state index in [0.29, 0.717) is 0 Å². The van der Waals surface area contributed by atoms with Crippen LogP contribution in [0.25, 0.3) is 0 Å².